The van der Waals surface area contributed by atoms with E-state index in [0.717, 1.165) is 36.3 Å². The third-order valence-corrected chi connectivity index (χ3v) is 6.14. The number of nitrogens with zero attached hydrogens (tertiary/aromatic N) is 1. The SMILES string of the molecule is C=C[C@](Cc1ccncc1)(c1ccccc1)c1ccc(OC)c(OC2CCCC2)c1. The molecule has 0 saturated heterocycles. The molecule has 1 aromatic heterocycles. The standard InChI is InChI=1S/C27H29NO2/c1-3-27(22-9-5-4-6-10-22,20-21-15-17-28-18-16-21)23-13-14-25(29-2)26(19-23)30-24-11-7-8-12-24/h3-6,9-10,13-19,24H,1,7-8,11-12,20H2,2H3/t27-/m0/s1. The van der Waals surface area contributed by atoms with E-state index in [1.807, 2.05) is 24.5 Å². The summed E-state index contributed by atoms with van der Waals surface area (Å²) in [6, 6.07) is 21.0. The third kappa shape index (κ3) is 4.11. The van der Waals surface area contributed by atoms with Crippen molar-refractivity contribution in [2.45, 2.75) is 43.6 Å². The van der Waals surface area contributed by atoms with Gasteiger partial charge in [0.25, 0.3) is 0 Å². The van der Waals surface area contributed by atoms with Crippen LogP contribution in [0.4, 0.5) is 0 Å². The maximum Gasteiger partial charge on any atom is 0.161 e. The Morgan fingerprint density at radius 3 is 2.37 bits per heavy atom. The summed E-state index contributed by atoms with van der Waals surface area (Å²) in [4.78, 5) is 4.18. The van der Waals surface area contributed by atoms with E-state index in [1.165, 1.54) is 24.0 Å². The first-order chi connectivity index (χ1) is 14.7. The van der Waals surface area contributed by atoms with E-state index in [9.17, 15) is 0 Å². The van der Waals surface area contributed by atoms with Crippen LogP contribution in [0.3, 0.4) is 0 Å². The molecule has 1 aliphatic rings. The molecule has 0 N–H and O–H groups in total. The van der Waals surface area contributed by atoms with Crippen molar-refractivity contribution >= 4 is 0 Å². The van der Waals surface area contributed by atoms with Crippen molar-refractivity contribution in [2.24, 2.45) is 0 Å². The van der Waals surface area contributed by atoms with Gasteiger partial charge in [0.1, 0.15) is 0 Å². The molecular formula is C27H29NO2. The van der Waals surface area contributed by atoms with Gasteiger partial charge in [-0.3, -0.25) is 4.98 Å². The van der Waals surface area contributed by atoms with Crippen LogP contribution in [-0.2, 0) is 11.8 Å². The van der Waals surface area contributed by atoms with Crippen LogP contribution in [-0.4, -0.2) is 18.2 Å². The van der Waals surface area contributed by atoms with Crippen LogP contribution in [0.25, 0.3) is 0 Å². The maximum atomic E-state index is 6.39. The third-order valence-electron chi connectivity index (χ3n) is 6.14. The number of ether oxygens (including phenoxy) is 2. The monoisotopic (exact) mass is 399 g/mol. The molecule has 0 aliphatic heterocycles. The highest BCUT2D eigenvalue weighted by Crippen LogP contribution is 2.41. The lowest BCUT2D eigenvalue weighted by Crippen LogP contribution is -2.28. The van der Waals surface area contributed by atoms with Gasteiger partial charge in [0.2, 0.25) is 0 Å². The van der Waals surface area contributed by atoms with Crippen molar-refractivity contribution < 1.29 is 9.47 Å². The van der Waals surface area contributed by atoms with Gasteiger partial charge in [-0.15, -0.1) is 6.58 Å². The minimum absolute atomic E-state index is 0.268. The van der Waals surface area contributed by atoms with Gasteiger partial charge >= 0.3 is 0 Å². The predicted octanol–water partition coefficient (Wildman–Crippen LogP) is 6.13. The molecule has 1 fully saturated rings. The Bertz CT molecular complexity index is 965. The Kier molecular flexibility index (Phi) is 6.18. The quantitative estimate of drug-likeness (QED) is 0.427. The van der Waals surface area contributed by atoms with Crippen LogP contribution in [0.1, 0.15) is 42.4 Å². The van der Waals surface area contributed by atoms with Crippen LogP contribution in [0.5, 0.6) is 11.5 Å². The molecule has 3 heteroatoms. The summed E-state index contributed by atoms with van der Waals surface area (Å²) in [5.41, 5.74) is 3.17. The van der Waals surface area contributed by atoms with Crippen LogP contribution in [0.2, 0.25) is 0 Å². The fourth-order valence-electron chi connectivity index (χ4n) is 4.47. The molecular weight excluding hydrogens is 370 g/mol. The highest BCUT2D eigenvalue weighted by atomic mass is 16.5. The van der Waals surface area contributed by atoms with Gasteiger partial charge in [-0.1, -0.05) is 42.5 Å². The minimum Gasteiger partial charge on any atom is -0.493 e. The summed E-state index contributed by atoms with van der Waals surface area (Å²) in [5.74, 6) is 1.60. The van der Waals surface area contributed by atoms with E-state index < -0.39 is 0 Å². The average Bonchev–Trinajstić information content (AvgIpc) is 3.32. The number of rotatable bonds is 8. The number of hydrogen-bond acceptors (Lipinski definition) is 3. The molecule has 0 bridgehead atoms. The highest BCUT2D eigenvalue weighted by molar-refractivity contribution is 5.52. The van der Waals surface area contributed by atoms with Crippen molar-refractivity contribution in [3.63, 3.8) is 0 Å². The molecule has 1 aliphatic carbocycles. The van der Waals surface area contributed by atoms with Gasteiger partial charge in [0.15, 0.2) is 11.5 Å². The van der Waals surface area contributed by atoms with Gasteiger partial charge in [0, 0.05) is 17.8 Å². The second-order valence-electron chi connectivity index (χ2n) is 7.96. The lowest BCUT2D eigenvalue weighted by Gasteiger charge is -2.33. The number of pyridine rings is 1. The fourth-order valence-corrected chi connectivity index (χ4v) is 4.47. The number of allylic oxidation sites excluding steroid dienone is 1. The van der Waals surface area contributed by atoms with Crippen LogP contribution in [0.15, 0.2) is 85.7 Å². The Balaban J connectivity index is 1.81. The maximum absolute atomic E-state index is 6.39. The van der Waals surface area contributed by atoms with Gasteiger partial charge in [-0.05, 0) is 73.1 Å². The highest BCUT2D eigenvalue weighted by Gasteiger charge is 2.32. The summed E-state index contributed by atoms with van der Waals surface area (Å²) in [6.45, 7) is 4.27. The zero-order valence-electron chi connectivity index (χ0n) is 17.6. The van der Waals surface area contributed by atoms with Gasteiger partial charge in [-0.25, -0.2) is 0 Å². The van der Waals surface area contributed by atoms with Crippen LogP contribution >= 0.6 is 0 Å². The topological polar surface area (TPSA) is 31.4 Å². The minimum atomic E-state index is -0.386. The van der Waals surface area contributed by atoms with Crippen molar-refractivity contribution in [3.05, 3.63) is 102 Å². The summed E-state index contributed by atoms with van der Waals surface area (Å²) >= 11 is 0. The van der Waals surface area contributed by atoms with E-state index >= 15 is 0 Å². The summed E-state index contributed by atoms with van der Waals surface area (Å²) < 4.78 is 12.0. The second-order valence-corrected chi connectivity index (χ2v) is 7.96. The first kappa shape index (κ1) is 20.2. The summed E-state index contributed by atoms with van der Waals surface area (Å²) in [7, 11) is 1.70. The zero-order valence-corrected chi connectivity index (χ0v) is 17.6. The molecule has 4 rings (SSSR count). The molecule has 154 valence electrons. The normalized spacial score (nSPS) is 16.0. The van der Waals surface area contributed by atoms with E-state index in [4.69, 9.17) is 9.47 Å². The van der Waals surface area contributed by atoms with Gasteiger partial charge in [-0.2, -0.15) is 0 Å². The van der Waals surface area contributed by atoms with Gasteiger partial charge < -0.3 is 9.47 Å². The second kappa shape index (κ2) is 9.17. The lowest BCUT2D eigenvalue weighted by atomic mass is 9.70. The molecule has 30 heavy (non-hydrogen) atoms. The largest absolute Gasteiger partial charge is 0.493 e. The Hall–Kier alpha value is -3.07. The number of methoxy groups -OCH3 is 1. The predicted molar refractivity (Wildman–Crippen MR) is 121 cm³/mol. The smallest absolute Gasteiger partial charge is 0.161 e. The zero-order chi connectivity index (χ0) is 20.8. The molecule has 2 aromatic carbocycles. The number of benzene rings is 2. The van der Waals surface area contributed by atoms with Crippen LogP contribution in [0, 0.1) is 0 Å². The van der Waals surface area contributed by atoms with Crippen molar-refractivity contribution in [1.82, 2.24) is 4.98 Å². The Labute approximate surface area is 179 Å². The first-order valence-electron chi connectivity index (χ1n) is 10.7. The van der Waals surface area contributed by atoms with Gasteiger partial charge in [0.05, 0.1) is 13.2 Å². The molecule has 0 amide bonds. The summed E-state index contributed by atoms with van der Waals surface area (Å²) in [5, 5.41) is 0. The molecule has 1 atom stereocenters. The fraction of sp³-hybridized carbons (Fsp3) is 0.296. The lowest BCUT2D eigenvalue weighted by molar-refractivity contribution is 0.200. The average molecular weight is 400 g/mol. The molecule has 0 unspecified atom stereocenters. The number of hydrogen-bond donors (Lipinski definition) is 0. The van der Waals surface area contributed by atoms with Crippen molar-refractivity contribution in [2.75, 3.05) is 7.11 Å². The van der Waals surface area contributed by atoms with E-state index in [-0.39, 0.29) is 11.5 Å². The Morgan fingerprint density at radius 1 is 0.967 bits per heavy atom. The first-order valence-corrected chi connectivity index (χ1v) is 10.7. The van der Waals surface area contributed by atoms with E-state index in [1.54, 1.807) is 7.11 Å². The van der Waals surface area contributed by atoms with E-state index in [0.29, 0.717) is 0 Å². The van der Waals surface area contributed by atoms with E-state index in [2.05, 4.69) is 66.2 Å². The molecule has 3 aromatic rings. The summed E-state index contributed by atoms with van der Waals surface area (Å²) in [6.07, 6.45) is 11.5. The van der Waals surface area contributed by atoms with Crippen LogP contribution < -0.4 is 9.47 Å². The number of aromatic nitrogens is 1. The van der Waals surface area contributed by atoms with Crippen molar-refractivity contribution in [3.8, 4) is 11.5 Å². The molecule has 1 saturated carbocycles. The molecule has 1 heterocycles. The Morgan fingerprint density at radius 2 is 1.70 bits per heavy atom. The van der Waals surface area contributed by atoms with Crippen molar-refractivity contribution in [1.29, 1.82) is 0 Å². The molecule has 0 radical (unpaired) electrons. The molecule has 0 spiro atoms. The molecule has 3 nitrogen and oxygen atoms in total.